The van der Waals surface area contributed by atoms with Gasteiger partial charge >= 0.3 is 0 Å². The molecule has 1 atom stereocenters. The van der Waals surface area contributed by atoms with E-state index in [2.05, 4.69) is 5.32 Å². The van der Waals surface area contributed by atoms with E-state index >= 15 is 0 Å². The van der Waals surface area contributed by atoms with Crippen molar-refractivity contribution in [2.24, 2.45) is 0 Å². The lowest BCUT2D eigenvalue weighted by atomic mass is 10.1. The van der Waals surface area contributed by atoms with Crippen LogP contribution in [0.2, 0.25) is 0 Å². The fraction of sp³-hybridized carbons (Fsp3) is 0.846. The van der Waals surface area contributed by atoms with Crippen LogP contribution in [0, 0.1) is 0 Å². The topological polar surface area (TPSA) is 52.7 Å². The van der Waals surface area contributed by atoms with Crippen LogP contribution in [-0.4, -0.2) is 61.9 Å². The Morgan fingerprint density at radius 2 is 2.00 bits per heavy atom. The lowest BCUT2D eigenvalue weighted by molar-refractivity contribution is -0.133. The molecule has 0 aromatic heterocycles. The molecule has 0 aliphatic carbocycles. The molecule has 1 aliphatic rings. The average molecular weight is 292 g/mol. The molecule has 1 rings (SSSR count). The van der Waals surface area contributed by atoms with Crippen LogP contribution in [0.4, 0.5) is 0 Å². The van der Waals surface area contributed by atoms with Gasteiger partial charge in [0.25, 0.3) is 0 Å². The summed E-state index contributed by atoms with van der Waals surface area (Å²) in [6, 6.07) is 0.422. The highest BCUT2D eigenvalue weighted by atomic mass is 35.5. The van der Waals surface area contributed by atoms with Gasteiger partial charge in [0.05, 0.1) is 0 Å². The predicted molar refractivity (Wildman–Crippen MR) is 78.5 cm³/mol. The van der Waals surface area contributed by atoms with Gasteiger partial charge in [-0.15, -0.1) is 12.4 Å². The minimum absolute atomic E-state index is 0. The van der Waals surface area contributed by atoms with Gasteiger partial charge in [0.2, 0.25) is 11.8 Å². The van der Waals surface area contributed by atoms with Crippen molar-refractivity contribution in [1.29, 1.82) is 0 Å². The van der Waals surface area contributed by atoms with Crippen molar-refractivity contribution in [2.45, 2.75) is 38.1 Å². The Bertz CT molecular complexity index is 298. The maximum atomic E-state index is 12.0. The summed E-state index contributed by atoms with van der Waals surface area (Å²) in [5.41, 5.74) is 0. The third-order valence-corrected chi connectivity index (χ3v) is 3.46. The van der Waals surface area contributed by atoms with Gasteiger partial charge in [-0.1, -0.05) is 0 Å². The second-order valence-corrected chi connectivity index (χ2v) is 5.11. The largest absolute Gasteiger partial charge is 0.349 e. The molecule has 0 aromatic carbocycles. The molecule has 5 nitrogen and oxygen atoms in total. The molecule has 6 heteroatoms. The van der Waals surface area contributed by atoms with Crippen LogP contribution in [0.25, 0.3) is 0 Å². The molecule has 0 radical (unpaired) electrons. The van der Waals surface area contributed by atoms with Crippen LogP contribution in [0.3, 0.4) is 0 Å². The van der Waals surface area contributed by atoms with Crippen molar-refractivity contribution in [3.63, 3.8) is 0 Å². The Labute approximate surface area is 122 Å². The van der Waals surface area contributed by atoms with Gasteiger partial charge in [-0.25, -0.2) is 0 Å². The number of carbonyl (C=O) groups excluding carboxylic acids is 2. The summed E-state index contributed by atoms with van der Waals surface area (Å²) < 4.78 is 0. The van der Waals surface area contributed by atoms with E-state index in [1.54, 1.807) is 19.0 Å². The first-order chi connectivity index (χ1) is 8.54. The maximum Gasteiger partial charge on any atom is 0.222 e. The highest BCUT2D eigenvalue weighted by molar-refractivity contribution is 5.85. The number of likely N-dealkylation sites (N-methyl/N-ethyl adjacent to an activating group) is 1. The zero-order valence-corrected chi connectivity index (χ0v) is 13.0. The molecule has 1 aliphatic heterocycles. The van der Waals surface area contributed by atoms with Gasteiger partial charge in [-0.05, 0) is 26.3 Å². The normalized spacial score (nSPS) is 18.7. The van der Waals surface area contributed by atoms with Gasteiger partial charge in [0.15, 0.2) is 0 Å². The van der Waals surface area contributed by atoms with Crippen molar-refractivity contribution in [3.05, 3.63) is 0 Å². The summed E-state index contributed by atoms with van der Waals surface area (Å²) >= 11 is 0. The van der Waals surface area contributed by atoms with E-state index in [0.717, 1.165) is 25.9 Å². The SMILES string of the molecule is CNC1CCCN(C(=O)CCCC(=O)N(C)C)C1.Cl. The quantitative estimate of drug-likeness (QED) is 0.818. The van der Waals surface area contributed by atoms with Gasteiger partial charge in [-0.2, -0.15) is 0 Å². The number of likely N-dealkylation sites (tertiary alicyclic amines) is 1. The van der Waals surface area contributed by atoms with Crippen molar-refractivity contribution in [1.82, 2.24) is 15.1 Å². The lowest BCUT2D eigenvalue weighted by Gasteiger charge is -2.32. The smallest absolute Gasteiger partial charge is 0.222 e. The zero-order chi connectivity index (χ0) is 13.5. The first-order valence-corrected chi connectivity index (χ1v) is 6.69. The number of nitrogens with one attached hydrogen (secondary N) is 1. The Morgan fingerprint density at radius 3 is 2.58 bits per heavy atom. The van der Waals surface area contributed by atoms with E-state index < -0.39 is 0 Å². The Hall–Kier alpha value is -0.810. The summed E-state index contributed by atoms with van der Waals surface area (Å²) in [7, 11) is 5.42. The van der Waals surface area contributed by atoms with Crippen LogP contribution in [0.5, 0.6) is 0 Å². The molecule has 1 heterocycles. The minimum Gasteiger partial charge on any atom is -0.349 e. The Balaban J connectivity index is 0.00000324. The minimum atomic E-state index is 0. The van der Waals surface area contributed by atoms with E-state index in [-0.39, 0.29) is 24.2 Å². The van der Waals surface area contributed by atoms with E-state index in [9.17, 15) is 9.59 Å². The number of nitrogens with zero attached hydrogens (tertiary/aromatic N) is 2. The second kappa shape index (κ2) is 9.15. The first kappa shape index (κ1) is 18.2. The standard InChI is InChI=1S/C13H25N3O2.ClH/c1-14-11-6-5-9-16(10-11)13(18)8-4-7-12(17)15(2)3;/h11,14H,4-10H2,1-3H3;1H. The van der Waals surface area contributed by atoms with Gasteiger partial charge < -0.3 is 15.1 Å². The number of carbonyl (C=O) groups is 2. The summed E-state index contributed by atoms with van der Waals surface area (Å²) in [5, 5.41) is 3.22. The summed E-state index contributed by atoms with van der Waals surface area (Å²) in [6.45, 7) is 1.66. The Morgan fingerprint density at radius 1 is 1.32 bits per heavy atom. The number of hydrogen-bond donors (Lipinski definition) is 1. The van der Waals surface area contributed by atoms with E-state index in [1.807, 2.05) is 11.9 Å². The fourth-order valence-corrected chi connectivity index (χ4v) is 2.21. The van der Waals surface area contributed by atoms with Crippen LogP contribution < -0.4 is 5.32 Å². The fourth-order valence-electron chi connectivity index (χ4n) is 2.21. The van der Waals surface area contributed by atoms with Gasteiger partial charge in [-0.3, -0.25) is 9.59 Å². The third-order valence-electron chi connectivity index (χ3n) is 3.46. The highest BCUT2D eigenvalue weighted by Crippen LogP contribution is 2.12. The number of rotatable bonds is 5. The molecule has 19 heavy (non-hydrogen) atoms. The molecule has 1 saturated heterocycles. The molecule has 1 N–H and O–H groups in total. The molecule has 0 spiro atoms. The third kappa shape index (κ3) is 6.25. The average Bonchev–Trinajstić information content (AvgIpc) is 2.38. The van der Waals surface area contributed by atoms with Crippen molar-refractivity contribution in [2.75, 3.05) is 34.2 Å². The number of halogens is 1. The molecule has 2 amide bonds. The summed E-state index contributed by atoms with van der Waals surface area (Å²) in [6.07, 6.45) is 3.79. The van der Waals surface area contributed by atoms with Crippen LogP contribution >= 0.6 is 12.4 Å². The van der Waals surface area contributed by atoms with Crippen LogP contribution in [0.15, 0.2) is 0 Å². The van der Waals surface area contributed by atoms with Crippen molar-refractivity contribution in [3.8, 4) is 0 Å². The summed E-state index contributed by atoms with van der Waals surface area (Å²) in [5.74, 6) is 0.274. The first-order valence-electron chi connectivity index (χ1n) is 6.69. The molecule has 0 bridgehead atoms. The second-order valence-electron chi connectivity index (χ2n) is 5.11. The maximum absolute atomic E-state index is 12.0. The monoisotopic (exact) mass is 291 g/mol. The molecule has 1 fully saturated rings. The van der Waals surface area contributed by atoms with Crippen molar-refractivity contribution < 1.29 is 9.59 Å². The van der Waals surface area contributed by atoms with E-state index in [0.29, 0.717) is 25.3 Å². The van der Waals surface area contributed by atoms with E-state index in [1.165, 1.54) is 0 Å². The van der Waals surface area contributed by atoms with E-state index in [4.69, 9.17) is 0 Å². The predicted octanol–water partition coefficient (Wildman–Crippen LogP) is 0.877. The lowest BCUT2D eigenvalue weighted by Crippen LogP contribution is -2.46. The number of amides is 2. The van der Waals surface area contributed by atoms with Crippen molar-refractivity contribution >= 4 is 24.2 Å². The number of piperidine rings is 1. The number of hydrogen-bond acceptors (Lipinski definition) is 3. The molecule has 1 unspecified atom stereocenters. The molecular weight excluding hydrogens is 266 g/mol. The zero-order valence-electron chi connectivity index (χ0n) is 12.1. The van der Waals surface area contributed by atoms with Crippen LogP contribution in [0.1, 0.15) is 32.1 Å². The molecule has 112 valence electrons. The summed E-state index contributed by atoms with van der Waals surface area (Å²) in [4.78, 5) is 26.9. The molecule has 0 aromatic rings. The Kier molecular flexibility index (Phi) is 8.76. The highest BCUT2D eigenvalue weighted by Gasteiger charge is 2.22. The van der Waals surface area contributed by atoms with Crippen LogP contribution in [-0.2, 0) is 9.59 Å². The molecular formula is C13H26ClN3O2. The molecule has 0 saturated carbocycles. The van der Waals surface area contributed by atoms with Gasteiger partial charge in [0.1, 0.15) is 0 Å². The van der Waals surface area contributed by atoms with Gasteiger partial charge in [0, 0.05) is 46.1 Å².